The molecule has 100 valence electrons. The quantitative estimate of drug-likeness (QED) is 0.843. The molecule has 0 aliphatic rings. The first-order chi connectivity index (χ1) is 8.58. The van der Waals surface area contributed by atoms with Gasteiger partial charge in [0.05, 0.1) is 18.2 Å². The summed E-state index contributed by atoms with van der Waals surface area (Å²) in [5, 5.41) is 3.24. The Morgan fingerprint density at radius 3 is 2.94 bits per heavy atom. The van der Waals surface area contributed by atoms with Gasteiger partial charge >= 0.3 is 0 Å². The number of carbonyl (C=O) groups is 1. The first-order valence-electron chi connectivity index (χ1n) is 5.47. The van der Waals surface area contributed by atoms with Crippen molar-refractivity contribution in [2.24, 2.45) is 5.73 Å². The number of anilines is 1. The first-order valence-corrected chi connectivity index (χ1v) is 7.24. The fourth-order valence-corrected chi connectivity index (χ4v) is 2.03. The van der Waals surface area contributed by atoms with Crippen molar-refractivity contribution in [3.8, 4) is 5.75 Å². The van der Waals surface area contributed by atoms with Crippen LogP contribution in [0.25, 0.3) is 0 Å². The van der Waals surface area contributed by atoms with Crippen LogP contribution in [0.5, 0.6) is 5.75 Å². The summed E-state index contributed by atoms with van der Waals surface area (Å²) >= 11 is 7.56. The molecule has 0 aromatic heterocycles. The summed E-state index contributed by atoms with van der Waals surface area (Å²) in [6, 6.07) is 4.55. The number of carbonyl (C=O) groups excluding carboxylic acids is 1. The molecule has 0 spiro atoms. The van der Waals surface area contributed by atoms with Crippen LogP contribution in [0, 0.1) is 0 Å². The average molecular weight is 289 g/mol. The number of hydrogen-bond donors (Lipinski definition) is 2. The number of halogens is 1. The highest BCUT2D eigenvalue weighted by molar-refractivity contribution is 7.98. The maximum Gasteiger partial charge on any atom is 0.241 e. The minimum atomic E-state index is -0.501. The Kier molecular flexibility index (Phi) is 6.32. The maximum absolute atomic E-state index is 11.8. The van der Waals surface area contributed by atoms with Crippen LogP contribution in [0.3, 0.4) is 0 Å². The molecule has 0 saturated heterocycles. The molecule has 1 amide bonds. The largest absolute Gasteiger partial charge is 0.495 e. The Balaban J connectivity index is 2.64. The molecule has 3 N–H and O–H groups in total. The molecular formula is C12H17ClN2O2S. The normalized spacial score (nSPS) is 12.0. The second-order valence-corrected chi connectivity index (χ2v) is 5.12. The van der Waals surface area contributed by atoms with Crippen molar-refractivity contribution in [3.05, 3.63) is 23.2 Å². The predicted molar refractivity (Wildman–Crippen MR) is 77.6 cm³/mol. The smallest absolute Gasteiger partial charge is 0.241 e. The predicted octanol–water partition coefficient (Wildman–Crippen LogP) is 2.37. The number of hydrogen-bond acceptors (Lipinski definition) is 4. The van der Waals surface area contributed by atoms with Crippen molar-refractivity contribution < 1.29 is 9.53 Å². The van der Waals surface area contributed by atoms with Gasteiger partial charge in [0.15, 0.2) is 0 Å². The zero-order chi connectivity index (χ0) is 13.5. The fourth-order valence-electron chi connectivity index (χ4n) is 1.35. The Morgan fingerprint density at radius 1 is 1.61 bits per heavy atom. The number of rotatable bonds is 6. The Morgan fingerprint density at radius 2 is 2.33 bits per heavy atom. The van der Waals surface area contributed by atoms with E-state index in [9.17, 15) is 4.79 Å². The third kappa shape index (κ3) is 4.40. The molecule has 1 rings (SSSR count). The number of nitrogens with two attached hydrogens (primary N) is 1. The van der Waals surface area contributed by atoms with Gasteiger partial charge in [-0.25, -0.2) is 0 Å². The van der Waals surface area contributed by atoms with Crippen molar-refractivity contribution in [1.82, 2.24) is 0 Å². The number of amides is 1. The van der Waals surface area contributed by atoms with Gasteiger partial charge in [-0.2, -0.15) is 11.8 Å². The van der Waals surface area contributed by atoms with Crippen molar-refractivity contribution in [2.45, 2.75) is 12.5 Å². The number of ether oxygens (including phenoxy) is 1. The first kappa shape index (κ1) is 15.1. The Hall–Kier alpha value is -0.910. The van der Waals surface area contributed by atoms with Gasteiger partial charge in [-0.05, 0) is 30.6 Å². The molecule has 1 aromatic carbocycles. The summed E-state index contributed by atoms with van der Waals surface area (Å²) in [6.07, 6.45) is 2.63. The minimum absolute atomic E-state index is 0.201. The summed E-state index contributed by atoms with van der Waals surface area (Å²) in [6.45, 7) is 0. The van der Waals surface area contributed by atoms with E-state index in [1.165, 1.54) is 7.11 Å². The van der Waals surface area contributed by atoms with Crippen LogP contribution < -0.4 is 15.8 Å². The van der Waals surface area contributed by atoms with Gasteiger partial charge in [0.25, 0.3) is 0 Å². The lowest BCUT2D eigenvalue weighted by molar-refractivity contribution is -0.117. The highest BCUT2D eigenvalue weighted by atomic mass is 35.5. The minimum Gasteiger partial charge on any atom is -0.495 e. The fraction of sp³-hybridized carbons (Fsp3) is 0.417. The van der Waals surface area contributed by atoms with E-state index < -0.39 is 6.04 Å². The molecule has 0 fully saturated rings. The number of benzene rings is 1. The SMILES string of the molecule is COc1cc(NC(=O)[C@@H](N)CCSC)ccc1Cl. The van der Waals surface area contributed by atoms with Gasteiger partial charge in [-0.1, -0.05) is 11.6 Å². The van der Waals surface area contributed by atoms with E-state index in [-0.39, 0.29) is 5.91 Å². The van der Waals surface area contributed by atoms with Crippen molar-refractivity contribution in [3.63, 3.8) is 0 Å². The van der Waals surface area contributed by atoms with Crippen LogP contribution in [-0.4, -0.2) is 31.1 Å². The molecular weight excluding hydrogens is 272 g/mol. The van der Waals surface area contributed by atoms with E-state index in [1.54, 1.807) is 30.0 Å². The van der Waals surface area contributed by atoms with E-state index in [0.717, 1.165) is 5.75 Å². The molecule has 0 unspecified atom stereocenters. The molecule has 0 aliphatic heterocycles. The number of nitrogens with one attached hydrogen (secondary N) is 1. The number of methoxy groups -OCH3 is 1. The third-order valence-electron chi connectivity index (χ3n) is 2.39. The lowest BCUT2D eigenvalue weighted by Crippen LogP contribution is -2.36. The molecule has 1 aromatic rings. The van der Waals surface area contributed by atoms with Crippen LogP contribution in [-0.2, 0) is 4.79 Å². The average Bonchev–Trinajstić information content (AvgIpc) is 2.37. The zero-order valence-electron chi connectivity index (χ0n) is 10.4. The third-order valence-corrected chi connectivity index (χ3v) is 3.34. The Bertz CT molecular complexity index is 415. The van der Waals surface area contributed by atoms with E-state index in [1.807, 2.05) is 6.26 Å². The summed E-state index contributed by atoms with van der Waals surface area (Å²) in [5.41, 5.74) is 6.39. The van der Waals surface area contributed by atoms with Gasteiger partial charge in [-0.15, -0.1) is 0 Å². The lowest BCUT2D eigenvalue weighted by atomic mass is 10.2. The lowest BCUT2D eigenvalue weighted by Gasteiger charge is -2.12. The van der Waals surface area contributed by atoms with E-state index in [0.29, 0.717) is 22.9 Å². The van der Waals surface area contributed by atoms with Gasteiger partial charge in [0.1, 0.15) is 5.75 Å². The van der Waals surface area contributed by atoms with E-state index in [2.05, 4.69) is 5.32 Å². The van der Waals surface area contributed by atoms with Gasteiger partial charge < -0.3 is 15.8 Å². The number of thioether (sulfide) groups is 1. The molecule has 4 nitrogen and oxygen atoms in total. The second kappa shape index (κ2) is 7.51. The Labute approximate surface area is 116 Å². The summed E-state index contributed by atoms with van der Waals surface area (Å²) in [4.78, 5) is 11.8. The highest BCUT2D eigenvalue weighted by Crippen LogP contribution is 2.27. The molecule has 0 saturated carbocycles. The molecule has 1 atom stereocenters. The molecule has 18 heavy (non-hydrogen) atoms. The maximum atomic E-state index is 11.8. The highest BCUT2D eigenvalue weighted by Gasteiger charge is 2.13. The van der Waals surface area contributed by atoms with Crippen molar-refractivity contribution >= 4 is 35.0 Å². The van der Waals surface area contributed by atoms with Gasteiger partial charge in [0.2, 0.25) is 5.91 Å². The second-order valence-electron chi connectivity index (χ2n) is 3.73. The van der Waals surface area contributed by atoms with Crippen molar-refractivity contribution in [1.29, 1.82) is 0 Å². The molecule has 6 heteroatoms. The van der Waals surface area contributed by atoms with Crippen LogP contribution in [0.1, 0.15) is 6.42 Å². The standard InChI is InChI=1S/C12H17ClN2O2S/c1-17-11-7-8(3-4-9(11)13)15-12(16)10(14)5-6-18-2/h3-4,7,10H,5-6,14H2,1-2H3,(H,15,16)/t10-/m0/s1. The summed E-state index contributed by atoms with van der Waals surface area (Å²) in [7, 11) is 1.52. The molecule has 0 bridgehead atoms. The zero-order valence-corrected chi connectivity index (χ0v) is 12.0. The van der Waals surface area contributed by atoms with E-state index in [4.69, 9.17) is 22.1 Å². The van der Waals surface area contributed by atoms with Gasteiger partial charge in [-0.3, -0.25) is 4.79 Å². The summed E-state index contributed by atoms with van der Waals surface area (Å²) < 4.78 is 5.07. The molecule has 0 aliphatic carbocycles. The van der Waals surface area contributed by atoms with Gasteiger partial charge in [0, 0.05) is 11.8 Å². The van der Waals surface area contributed by atoms with Crippen LogP contribution in [0.2, 0.25) is 5.02 Å². The van der Waals surface area contributed by atoms with Crippen LogP contribution >= 0.6 is 23.4 Å². The van der Waals surface area contributed by atoms with Crippen molar-refractivity contribution in [2.75, 3.05) is 24.4 Å². The van der Waals surface area contributed by atoms with E-state index >= 15 is 0 Å². The summed E-state index contributed by atoms with van der Waals surface area (Å²) in [5.74, 6) is 1.18. The monoisotopic (exact) mass is 288 g/mol. The van der Waals surface area contributed by atoms with Crippen LogP contribution in [0.15, 0.2) is 18.2 Å². The molecule has 0 heterocycles. The van der Waals surface area contributed by atoms with Crippen LogP contribution in [0.4, 0.5) is 5.69 Å². The molecule has 0 radical (unpaired) electrons. The topological polar surface area (TPSA) is 64.3 Å².